The maximum absolute atomic E-state index is 5.44. The monoisotopic (exact) mass is 443 g/mol. The van der Waals surface area contributed by atoms with Crippen LogP contribution in [0.3, 0.4) is 0 Å². The van der Waals surface area contributed by atoms with Crippen molar-refractivity contribution in [3.8, 4) is 5.69 Å². The summed E-state index contributed by atoms with van der Waals surface area (Å²) in [5, 5.41) is 16.3. The Morgan fingerprint density at radius 2 is 1.93 bits per heavy atom. The van der Waals surface area contributed by atoms with Crippen molar-refractivity contribution >= 4 is 28.1 Å². The molecule has 3 heterocycles. The number of hydrogen-bond donors (Lipinski definition) is 1. The lowest BCUT2D eigenvalue weighted by molar-refractivity contribution is 0.621. The molecule has 1 N–H and O–H groups in total. The van der Waals surface area contributed by atoms with Crippen LogP contribution in [0.2, 0.25) is 0 Å². The highest BCUT2D eigenvalue weighted by atomic mass is 79.9. The van der Waals surface area contributed by atoms with Gasteiger partial charge in [-0.2, -0.15) is 15.3 Å². The van der Waals surface area contributed by atoms with Crippen molar-refractivity contribution in [1.82, 2.24) is 34.3 Å². The Bertz CT molecular complexity index is 1140. The SMILES string of the molecule is Cc1nn(Cc2n[nH]c(=S)n2-c2cnn(Cc3ccccc3)c2)c(C)c1Br. The molecule has 0 amide bonds. The van der Waals surface area contributed by atoms with Gasteiger partial charge in [-0.1, -0.05) is 30.3 Å². The molecule has 4 rings (SSSR count). The summed E-state index contributed by atoms with van der Waals surface area (Å²) in [7, 11) is 0. The van der Waals surface area contributed by atoms with Gasteiger partial charge in [0.2, 0.25) is 0 Å². The summed E-state index contributed by atoms with van der Waals surface area (Å²) in [5.41, 5.74) is 4.06. The standard InChI is InChI=1S/C18H18BrN7S/c1-12-17(19)13(2)25(23-12)11-16-21-22-18(27)26(16)15-8-20-24(10-15)9-14-6-4-3-5-7-14/h3-8,10H,9,11H2,1-2H3,(H,22,27). The van der Waals surface area contributed by atoms with Crippen LogP contribution < -0.4 is 0 Å². The van der Waals surface area contributed by atoms with E-state index in [-0.39, 0.29) is 0 Å². The van der Waals surface area contributed by atoms with E-state index >= 15 is 0 Å². The molecule has 0 aliphatic heterocycles. The highest BCUT2D eigenvalue weighted by molar-refractivity contribution is 9.10. The topological polar surface area (TPSA) is 69.2 Å². The lowest BCUT2D eigenvalue weighted by Crippen LogP contribution is -2.10. The summed E-state index contributed by atoms with van der Waals surface area (Å²) in [4.78, 5) is 0. The normalized spacial score (nSPS) is 11.2. The second-order valence-electron chi connectivity index (χ2n) is 6.30. The first-order chi connectivity index (χ1) is 13.0. The van der Waals surface area contributed by atoms with E-state index in [2.05, 4.69) is 48.5 Å². The zero-order valence-corrected chi connectivity index (χ0v) is 17.3. The van der Waals surface area contributed by atoms with Crippen molar-refractivity contribution in [1.29, 1.82) is 0 Å². The molecule has 27 heavy (non-hydrogen) atoms. The Labute approximate surface area is 169 Å². The van der Waals surface area contributed by atoms with Crippen LogP contribution in [0.5, 0.6) is 0 Å². The first kappa shape index (κ1) is 17.9. The molecule has 0 aliphatic rings. The predicted octanol–water partition coefficient (Wildman–Crippen LogP) is 3.80. The first-order valence-electron chi connectivity index (χ1n) is 8.45. The van der Waals surface area contributed by atoms with Crippen LogP contribution >= 0.6 is 28.1 Å². The molecule has 138 valence electrons. The number of aryl methyl sites for hydroxylation is 1. The number of hydrogen-bond acceptors (Lipinski definition) is 4. The van der Waals surface area contributed by atoms with Gasteiger partial charge >= 0.3 is 0 Å². The Morgan fingerprint density at radius 1 is 1.15 bits per heavy atom. The highest BCUT2D eigenvalue weighted by Gasteiger charge is 2.15. The van der Waals surface area contributed by atoms with E-state index in [0.717, 1.165) is 27.4 Å². The van der Waals surface area contributed by atoms with Crippen LogP contribution in [0.25, 0.3) is 5.69 Å². The molecule has 0 bridgehead atoms. The fraction of sp³-hybridized carbons (Fsp3) is 0.222. The van der Waals surface area contributed by atoms with Gasteiger partial charge in [-0.25, -0.2) is 0 Å². The Balaban J connectivity index is 1.64. The number of nitrogens with zero attached hydrogens (tertiary/aromatic N) is 6. The second-order valence-corrected chi connectivity index (χ2v) is 7.48. The number of rotatable bonds is 5. The van der Waals surface area contributed by atoms with Crippen molar-refractivity contribution in [3.05, 3.63) is 74.7 Å². The van der Waals surface area contributed by atoms with Crippen LogP contribution in [0.1, 0.15) is 22.8 Å². The summed E-state index contributed by atoms with van der Waals surface area (Å²) in [5.74, 6) is 0.775. The van der Waals surface area contributed by atoms with E-state index in [1.807, 2.05) is 52.2 Å². The molecule has 0 spiro atoms. The van der Waals surface area contributed by atoms with Gasteiger partial charge in [0.15, 0.2) is 10.6 Å². The minimum absolute atomic E-state index is 0.509. The summed E-state index contributed by atoms with van der Waals surface area (Å²) in [6, 6.07) is 10.2. The van der Waals surface area contributed by atoms with Crippen LogP contribution in [0.15, 0.2) is 47.2 Å². The van der Waals surface area contributed by atoms with E-state index in [1.165, 1.54) is 5.56 Å². The van der Waals surface area contributed by atoms with Crippen LogP contribution in [-0.4, -0.2) is 34.3 Å². The van der Waals surface area contributed by atoms with Crippen molar-refractivity contribution in [2.75, 3.05) is 0 Å². The number of benzene rings is 1. The molecule has 0 atom stereocenters. The Hall–Kier alpha value is -2.52. The first-order valence-corrected chi connectivity index (χ1v) is 9.65. The zero-order valence-electron chi connectivity index (χ0n) is 14.9. The molecule has 0 aliphatic carbocycles. The zero-order chi connectivity index (χ0) is 19.0. The van der Waals surface area contributed by atoms with Gasteiger partial charge in [-0.05, 0) is 47.6 Å². The van der Waals surface area contributed by atoms with Gasteiger partial charge in [0.05, 0.1) is 34.3 Å². The maximum atomic E-state index is 5.44. The molecule has 0 radical (unpaired) electrons. The fourth-order valence-electron chi connectivity index (χ4n) is 2.99. The molecule has 0 unspecified atom stereocenters. The quantitative estimate of drug-likeness (QED) is 0.476. The molecule has 9 heteroatoms. The number of aromatic amines is 1. The average Bonchev–Trinajstić information content (AvgIpc) is 3.32. The summed E-state index contributed by atoms with van der Waals surface area (Å²) in [6.07, 6.45) is 3.77. The van der Waals surface area contributed by atoms with E-state index < -0.39 is 0 Å². The average molecular weight is 444 g/mol. The van der Waals surface area contributed by atoms with Gasteiger partial charge in [0.25, 0.3) is 0 Å². The molecule has 0 saturated carbocycles. The minimum Gasteiger partial charge on any atom is -0.267 e. The Morgan fingerprint density at radius 3 is 2.63 bits per heavy atom. The lowest BCUT2D eigenvalue weighted by atomic mass is 10.2. The minimum atomic E-state index is 0.509. The van der Waals surface area contributed by atoms with E-state index in [1.54, 1.807) is 6.20 Å². The smallest absolute Gasteiger partial charge is 0.200 e. The van der Waals surface area contributed by atoms with Crippen molar-refractivity contribution in [2.45, 2.75) is 26.9 Å². The third kappa shape index (κ3) is 3.52. The summed E-state index contributed by atoms with van der Waals surface area (Å²) in [6.45, 7) is 5.20. The molecular weight excluding hydrogens is 426 g/mol. The lowest BCUT2D eigenvalue weighted by Gasteiger charge is -2.06. The van der Waals surface area contributed by atoms with E-state index in [9.17, 15) is 0 Å². The van der Waals surface area contributed by atoms with Gasteiger partial charge < -0.3 is 0 Å². The molecule has 4 aromatic rings. The third-order valence-corrected chi connectivity index (χ3v) is 5.81. The van der Waals surface area contributed by atoms with Gasteiger partial charge in [0.1, 0.15) is 6.54 Å². The van der Waals surface area contributed by atoms with Crippen LogP contribution in [-0.2, 0) is 13.1 Å². The molecule has 3 aromatic heterocycles. The van der Waals surface area contributed by atoms with Gasteiger partial charge in [-0.15, -0.1) is 0 Å². The fourth-order valence-corrected chi connectivity index (χ4v) is 3.53. The van der Waals surface area contributed by atoms with Crippen LogP contribution in [0.4, 0.5) is 0 Å². The van der Waals surface area contributed by atoms with Crippen LogP contribution in [0, 0.1) is 18.6 Å². The van der Waals surface area contributed by atoms with E-state index in [0.29, 0.717) is 17.9 Å². The number of H-pyrrole nitrogens is 1. The number of halogens is 1. The molecule has 7 nitrogen and oxygen atoms in total. The largest absolute Gasteiger partial charge is 0.267 e. The molecular formula is C18H18BrN7S. The second kappa shape index (κ2) is 7.24. The predicted molar refractivity (Wildman–Crippen MR) is 109 cm³/mol. The molecule has 0 saturated heterocycles. The van der Waals surface area contributed by atoms with Gasteiger partial charge in [0, 0.05) is 6.20 Å². The van der Waals surface area contributed by atoms with E-state index in [4.69, 9.17) is 12.2 Å². The highest BCUT2D eigenvalue weighted by Crippen LogP contribution is 2.21. The number of nitrogens with one attached hydrogen (secondary N) is 1. The Kier molecular flexibility index (Phi) is 4.79. The maximum Gasteiger partial charge on any atom is 0.200 e. The molecule has 1 aromatic carbocycles. The van der Waals surface area contributed by atoms with Crippen molar-refractivity contribution in [3.63, 3.8) is 0 Å². The van der Waals surface area contributed by atoms with Crippen molar-refractivity contribution in [2.24, 2.45) is 0 Å². The number of aromatic nitrogens is 7. The van der Waals surface area contributed by atoms with Gasteiger partial charge in [-0.3, -0.25) is 19.0 Å². The summed E-state index contributed by atoms with van der Waals surface area (Å²) < 4.78 is 7.25. The molecule has 0 fully saturated rings. The summed E-state index contributed by atoms with van der Waals surface area (Å²) >= 11 is 9.01. The van der Waals surface area contributed by atoms with Crippen molar-refractivity contribution < 1.29 is 0 Å². The third-order valence-electron chi connectivity index (χ3n) is 4.39.